The third-order valence-electron chi connectivity index (χ3n) is 5.39. The fraction of sp³-hybridized carbons (Fsp3) is 0.208. The molecule has 0 aliphatic carbocycles. The normalized spacial score (nSPS) is 11.5. The summed E-state index contributed by atoms with van der Waals surface area (Å²) in [4.78, 5) is 21.3. The van der Waals surface area contributed by atoms with E-state index >= 15 is 0 Å². The number of nitrogens with zero attached hydrogens (tertiary/aromatic N) is 3. The Balaban J connectivity index is 1.78. The highest BCUT2D eigenvalue weighted by Gasteiger charge is 2.21. The number of esters is 1. The number of nitrogens with one attached hydrogen (secondary N) is 1. The van der Waals surface area contributed by atoms with Crippen molar-refractivity contribution in [2.75, 3.05) is 25.3 Å². The van der Waals surface area contributed by atoms with Crippen LogP contribution >= 0.6 is 0 Å². The van der Waals surface area contributed by atoms with Crippen molar-refractivity contribution < 1.29 is 31.5 Å². The molecule has 12 heteroatoms. The first-order valence-corrected chi connectivity index (χ1v) is 12.6. The van der Waals surface area contributed by atoms with Crippen LogP contribution in [-0.4, -0.2) is 48.7 Å². The molecule has 0 spiro atoms. The highest BCUT2D eigenvalue weighted by molar-refractivity contribution is 7.90. The van der Waals surface area contributed by atoms with Gasteiger partial charge in [0.1, 0.15) is 12.1 Å². The van der Waals surface area contributed by atoms with Crippen LogP contribution in [0.1, 0.15) is 23.0 Å². The van der Waals surface area contributed by atoms with Crippen LogP contribution in [-0.2, 0) is 21.1 Å². The van der Waals surface area contributed by atoms with Crippen LogP contribution in [0.4, 0.5) is 14.7 Å². The number of fused-ring (bicyclic) bond motifs is 1. The lowest BCUT2D eigenvalue weighted by molar-refractivity contribution is 0.0522. The largest absolute Gasteiger partial charge is 0.494 e. The summed E-state index contributed by atoms with van der Waals surface area (Å²) in [5.41, 5.74) is 1.60. The van der Waals surface area contributed by atoms with E-state index in [1.807, 2.05) is 0 Å². The lowest BCUT2D eigenvalue weighted by Gasteiger charge is -2.13. The van der Waals surface area contributed by atoms with E-state index in [2.05, 4.69) is 15.3 Å². The Morgan fingerprint density at radius 2 is 1.83 bits per heavy atom. The fourth-order valence-corrected chi connectivity index (χ4v) is 4.26. The summed E-state index contributed by atoms with van der Waals surface area (Å²) in [6.07, 6.45) is 3.96. The fourth-order valence-electron chi connectivity index (χ4n) is 3.63. The number of sulfone groups is 1. The van der Waals surface area contributed by atoms with E-state index in [9.17, 15) is 22.0 Å². The quantitative estimate of drug-likeness (QED) is 0.351. The summed E-state index contributed by atoms with van der Waals surface area (Å²) in [6.45, 7) is 1.74. The highest BCUT2D eigenvalue weighted by atomic mass is 32.2. The molecule has 4 aromatic rings. The first-order chi connectivity index (χ1) is 17.1. The van der Waals surface area contributed by atoms with Gasteiger partial charge in [-0.05, 0) is 30.7 Å². The predicted octanol–water partition coefficient (Wildman–Crippen LogP) is 3.88. The SMILES string of the molecule is CCOC(=O)c1ncn2c(NCc3cc(OC)c(F)cc3F)ncc(-c3ccc(S(C)(=O)=O)cc3)c12. The molecule has 1 N–H and O–H groups in total. The predicted molar refractivity (Wildman–Crippen MR) is 128 cm³/mol. The number of imidazole rings is 1. The van der Waals surface area contributed by atoms with Crippen LogP contribution < -0.4 is 10.1 Å². The molecular formula is C24H22F2N4O5S. The monoisotopic (exact) mass is 516 g/mol. The summed E-state index contributed by atoms with van der Waals surface area (Å²) >= 11 is 0. The van der Waals surface area contributed by atoms with E-state index in [0.717, 1.165) is 12.3 Å². The summed E-state index contributed by atoms with van der Waals surface area (Å²) in [6, 6.07) is 8.09. The molecule has 0 aliphatic rings. The Morgan fingerprint density at radius 3 is 2.47 bits per heavy atom. The molecule has 2 aromatic heterocycles. The van der Waals surface area contributed by atoms with E-state index in [1.54, 1.807) is 19.1 Å². The van der Waals surface area contributed by atoms with E-state index in [-0.39, 0.29) is 41.0 Å². The van der Waals surface area contributed by atoms with Crippen molar-refractivity contribution in [1.82, 2.24) is 14.4 Å². The van der Waals surface area contributed by atoms with Crippen molar-refractivity contribution in [3.8, 4) is 16.9 Å². The molecular weight excluding hydrogens is 494 g/mol. The van der Waals surface area contributed by atoms with Crippen LogP contribution in [0.25, 0.3) is 16.6 Å². The lowest BCUT2D eigenvalue weighted by Crippen LogP contribution is -2.10. The van der Waals surface area contributed by atoms with Crippen LogP contribution in [0.5, 0.6) is 5.75 Å². The van der Waals surface area contributed by atoms with E-state index < -0.39 is 27.4 Å². The van der Waals surface area contributed by atoms with Gasteiger partial charge >= 0.3 is 5.97 Å². The average Bonchev–Trinajstić information content (AvgIpc) is 3.29. The van der Waals surface area contributed by atoms with Crippen molar-refractivity contribution in [3.05, 3.63) is 71.8 Å². The molecule has 2 aromatic carbocycles. The smallest absolute Gasteiger partial charge is 0.359 e. The minimum Gasteiger partial charge on any atom is -0.494 e. The topological polar surface area (TPSA) is 112 Å². The molecule has 2 heterocycles. The number of ether oxygens (including phenoxy) is 2. The van der Waals surface area contributed by atoms with Gasteiger partial charge in [0.15, 0.2) is 27.1 Å². The standard InChI is InChI=1S/C24H22F2N4O5S/c1-4-35-23(31)21-22-17(14-5-7-16(8-6-14)36(3,32)33)12-28-24(30(22)13-29-21)27-11-15-9-20(34-2)19(26)10-18(15)25/h5-10,12-13H,4,11H2,1-3H3,(H,27,28). The molecule has 0 fully saturated rings. The lowest BCUT2D eigenvalue weighted by atomic mass is 10.1. The second-order valence-corrected chi connectivity index (χ2v) is 9.77. The average molecular weight is 517 g/mol. The highest BCUT2D eigenvalue weighted by Crippen LogP contribution is 2.30. The maximum Gasteiger partial charge on any atom is 0.359 e. The summed E-state index contributed by atoms with van der Waals surface area (Å²) in [7, 11) is -2.11. The van der Waals surface area contributed by atoms with Gasteiger partial charge in [-0.1, -0.05) is 12.1 Å². The number of carbonyl (C=O) groups excluding carboxylic acids is 1. The van der Waals surface area contributed by atoms with Crippen LogP contribution in [0.15, 0.2) is 53.8 Å². The zero-order chi connectivity index (χ0) is 26.0. The van der Waals surface area contributed by atoms with Gasteiger partial charge in [-0.2, -0.15) is 0 Å². The molecule has 0 radical (unpaired) electrons. The first kappa shape index (κ1) is 25.0. The third kappa shape index (κ3) is 4.85. The zero-order valence-corrected chi connectivity index (χ0v) is 20.4. The number of hydrogen-bond acceptors (Lipinski definition) is 8. The van der Waals surface area contributed by atoms with Crippen molar-refractivity contribution in [3.63, 3.8) is 0 Å². The number of carbonyl (C=O) groups is 1. The summed E-state index contributed by atoms with van der Waals surface area (Å²) in [5.74, 6) is -2.11. The van der Waals surface area contributed by atoms with Crippen molar-refractivity contribution in [2.24, 2.45) is 0 Å². The molecule has 0 saturated carbocycles. The Labute approximate surface area is 205 Å². The number of aromatic nitrogens is 3. The first-order valence-electron chi connectivity index (χ1n) is 10.7. The Kier molecular flexibility index (Phi) is 6.88. The van der Waals surface area contributed by atoms with Crippen LogP contribution in [0.2, 0.25) is 0 Å². The molecule has 0 saturated heterocycles. The Morgan fingerprint density at radius 1 is 1.11 bits per heavy atom. The number of benzene rings is 2. The molecule has 4 rings (SSSR count). The van der Waals surface area contributed by atoms with Crippen LogP contribution in [0, 0.1) is 11.6 Å². The summed E-state index contributed by atoms with van der Waals surface area (Å²) < 4.78 is 63.3. The number of rotatable bonds is 8. The molecule has 0 amide bonds. The molecule has 36 heavy (non-hydrogen) atoms. The molecule has 0 aliphatic heterocycles. The van der Waals surface area contributed by atoms with Gasteiger partial charge in [-0.25, -0.2) is 32.0 Å². The van der Waals surface area contributed by atoms with Gasteiger partial charge < -0.3 is 14.8 Å². The molecule has 9 nitrogen and oxygen atoms in total. The zero-order valence-electron chi connectivity index (χ0n) is 19.6. The Bertz CT molecular complexity index is 1550. The molecule has 188 valence electrons. The van der Waals surface area contributed by atoms with Gasteiger partial charge in [-0.3, -0.25) is 4.40 Å². The second-order valence-electron chi connectivity index (χ2n) is 7.76. The van der Waals surface area contributed by atoms with E-state index in [4.69, 9.17) is 9.47 Å². The van der Waals surface area contributed by atoms with Crippen molar-refractivity contribution in [2.45, 2.75) is 18.4 Å². The van der Waals surface area contributed by atoms with Crippen molar-refractivity contribution in [1.29, 1.82) is 0 Å². The van der Waals surface area contributed by atoms with Gasteiger partial charge in [0, 0.05) is 36.2 Å². The molecule has 0 unspecified atom stereocenters. The number of methoxy groups -OCH3 is 1. The van der Waals surface area contributed by atoms with Gasteiger partial charge in [0.2, 0.25) is 5.95 Å². The third-order valence-corrected chi connectivity index (χ3v) is 6.52. The molecule has 0 atom stereocenters. The van der Waals surface area contributed by atoms with Crippen molar-refractivity contribution >= 4 is 27.3 Å². The van der Waals surface area contributed by atoms with E-state index in [1.165, 1.54) is 42.2 Å². The minimum absolute atomic E-state index is 0.0270. The number of halogens is 2. The van der Waals surface area contributed by atoms with Gasteiger partial charge in [0.25, 0.3) is 0 Å². The summed E-state index contributed by atoms with van der Waals surface area (Å²) in [5, 5.41) is 2.97. The maximum absolute atomic E-state index is 14.3. The number of hydrogen-bond donors (Lipinski definition) is 1. The van der Waals surface area contributed by atoms with Gasteiger partial charge in [-0.15, -0.1) is 0 Å². The van der Waals surface area contributed by atoms with Crippen LogP contribution in [0.3, 0.4) is 0 Å². The van der Waals surface area contributed by atoms with E-state index in [0.29, 0.717) is 16.6 Å². The van der Waals surface area contributed by atoms with Gasteiger partial charge in [0.05, 0.1) is 24.1 Å². The second kappa shape index (κ2) is 9.90. The maximum atomic E-state index is 14.3. The Hall–Kier alpha value is -4.06. The number of anilines is 1. The molecule has 0 bridgehead atoms. The minimum atomic E-state index is -3.39.